The smallest absolute Gasteiger partial charge is 0.145 e. The molecule has 0 bridgehead atoms. The lowest BCUT2D eigenvalue weighted by atomic mass is 10.3. The van der Waals surface area contributed by atoms with Crippen molar-refractivity contribution in [1.82, 2.24) is 9.97 Å². The van der Waals surface area contributed by atoms with Crippen LogP contribution < -0.4 is 16.6 Å². The second-order valence-electron chi connectivity index (χ2n) is 4.61. The molecule has 1 aromatic heterocycles. The van der Waals surface area contributed by atoms with Gasteiger partial charge in [0.2, 0.25) is 0 Å². The van der Waals surface area contributed by atoms with Crippen molar-refractivity contribution in [2.45, 2.75) is 39.0 Å². The van der Waals surface area contributed by atoms with E-state index in [1.54, 1.807) is 0 Å². The van der Waals surface area contributed by atoms with E-state index >= 15 is 0 Å². The topological polar surface area (TPSA) is 75.9 Å². The average Bonchev–Trinajstić information content (AvgIpc) is 3.13. The summed E-state index contributed by atoms with van der Waals surface area (Å²) in [4.78, 5) is 8.78. The van der Waals surface area contributed by atoms with Gasteiger partial charge in [0.25, 0.3) is 0 Å². The van der Waals surface area contributed by atoms with Gasteiger partial charge in [-0.1, -0.05) is 19.8 Å². The molecule has 5 nitrogen and oxygen atoms in total. The summed E-state index contributed by atoms with van der Waals surface area (Å²) in [5.41, 5.74) is 2.59. The average molecular weight is 235 g/mol. The number of anilines is 2. The lowest BCUT2D eigenvalue weighted by Crippen LogP contribution is -2.13. The van der Waals surface area contributed by atoms with Gasteiger partial charge in [-0.05, 0) is 18.8 Å². The molecule has 0 spiro atoms. The second kappa shape index (κ2) is 5.82. The summed E-state index contributed by atoms with van der Waals surface area (Å²) < 4.78 is 0. The molecule has 0 aromatic carbocycles. The highest BCUT2D eigenvalue weighted by molar-refractivity contribution is 5.46. The van der Waals surface area contributed by atoms with Crippen LogP contribution in [0.2, 0.25) is 0 Å². The Hall–Kier alpha value is -1.36. The standard InChI is InChI=1S/C12H21N5/c1-2-3-10-15-11(8-12(16-10)17-13)14-7-6-9-4-5-9/h8-9H,2-7,13H2,1H3,(H2,14,15,16,17). The highest BCUT2D eigenvalue weighted by Crippen LogP contribution is 2.32. The Balaban J connectivity index is 1.94. The van der Waals surface area contributed by atoms with E-state index in [4.69, 9.17) is 5.84 Å². The van der Waals surface area contributed by atoms with E-state index in [0.717, 1.165) is 36.9 Å². The van der Waals surface area contributed by atoms with Crippen LogP contribution in [0.1, 0.15) is 38.4 Å². The number of rotatable bonds is 7. The Morgan fingerprint density at radius 3 is 2.76 bits per heavy atom. The Morgan fingerprint density at radius 1 is 1.35 bits per heavy atom. The molecule has 1 aliphatic carbocycles. The molecule has 4 N–H and O–H groups in total. The van der Waals surface area contributed by atoms with Gasteiger partial charge in [0.1, 0.15) is 17.5 Å². The van der Waals surface area contributed by atoms with Crippen LogP contribution in [0.5, 0.6) is 0 Å². The van der Waals surface area contributed by atoms with E-state index in [-0.39, 0.29) is 0 Å². The molecule has 1 saturated carbocycles. The van der Waals surface area contributed by atoms with Crippen LogP contribution in [-0.2, 0) is 6.42 Å². The van der Waals surface area contributed by atoms with Crippen LogP contribution in [0.3, 0.4) is 0 Å². The van der Waals surface area contributed by atoms with Crippen molar-refractivity contribution in [3.05, 3.63) is 11.9 Å². The van der Waals surface area contributed by atoms with Crippen LogP contribution in [0.25, 0.3) is 0 Å². The van der Waals surface area contributed by atoms with Gasteiger partial charge in [-0.15, -0.1) is 0 Å². The Kier molecular flexibility index (Phi) is 4.14. The van der Waals surface area contributed by atoms with Gasteiger partial charge >= 0.3 is 0 Å². The van der Waals surface area contributed by atoms with E-state index in [0.29, 0.717) is 5.82 Å². The maximum Gasteiger partial charge on any atom is 0.145 e. The summed E-state index contributed by atoms with van der Waals surface area (Å²) in [7, 11) is 0. The number of nitrogen functional groups attached to an aromatic ring is 1. The first kappa shape index (κ1) is 12.1. The maximum absolute atomic E-state index is 5.40. The van der Waals surface area contributed by atoms with Crippen LogP contribution >= 0.6 is 0 Å². The van der Waals surface area contributed by atoms with Crippen molar-refractivity contribution in [3.63, 3.8) is 0 Å². The zero-order valence-corrected chi connectivity index (χ0v) is 10.4. The molecular formula is C12H21N5. The molecule has 1 fully saturated rings. The zero-order chi connectivity index (χ0) is 12.1. The van der Waals surface area contributed by atoms with Gasteiger partial charge in [0.15, 0.2) is 0 Å². The molecule has 94 valence electrons. The van der Waals surface area contributed by atoms with E-state index in [2.05, 4.69) is 27.6 Å². The fourth-order valence-electron chi connectivity index (χ4n) is 1.81. The number of aromatic nitrogens is 2. The third kappa shape index (κ3) is 3.85. The minimum absolute atomic E-state index is 0.678. The monoisotopic (exact) mass is 235 g/mol. The van der Waals surface area contributed by atoms with E-state index in [1.807, 2.05) is 6.07 Å². The molecule has 1 aromatic rings. The molecule has 0 atom stereocenters. The number of nitrogens with two attached hydrogens (primary N) is 1. The van der Waals surface area contributed by atoms with Crippen molar-refractivity contribution < 1.29 is 0 Å². The Bertz CT molecular complexity index is 362. The van der Waals surface area contributed by atoms with Crippen molar-refractivity contribution in [3.8, 4) is 0 Å². The van der Waals surface area contributed by atoms with Crippen LogP contribution in [0, 0.1) is 5.92 Å². The first-order valence-electron chi connectivity index (χ1n) is 6.40. The minimum atomic E-state index is 0.678. The van der Waals surface area contributed by atoms with Crippen molar-refractivity contribution >= 4 is 11.6 Å². The first-order valence-corrected chi connectivity index (χ1v) is 6.40. The summed E-state index contributed by atoms with van der Waals surface area (Å²) in [5, 5.41) is 3.34. The van der Waals surface area contributed by atoms with Crippen molar-refractivity contribution in [2.24, 2.45) is 11.8 Å². The van der Waals surface area contributed by atoms with Gasteiger partial charge in [0, 0.05) is 19.0 Å². The molecule has 1 heterocycles. The third-order valence-electron chi connectivity index (χ3n) is 2.95. The molecule has 17 heavy (non-hydrogen) atoms. The summed E-state index contributed by atoms with van der Waals surface area (Å²) in [6.45, 7) is 3.10. The molecule has 0 aliphatic heterocycles. The lowest BCUT2D eigenvalue weighted by Gasteiger charge is -2.09. The van der Waals surface area contributed by atoms with E-state index in [9.17, 15) is 0 Å². The maximum atomic E-state index is 5.40. The van der Waals surface area contributed by atoms with Gasteiger partial charge in [-0.25, -0.2) is 15.8 Å². The van der Waals surface area contributed by atoms with Crippen molar-refractivity contribution in [1.29, 1.82) is 0 Å². The molecule has 1 aliphatic rings. The van der Waals surface area contributed by atoms with Crippen molar-refractivity contribution in [2.75, 3.05) is 17.3 Å². The van der Waals surface area contributed by atoms with Gasteiger partial charge in [0.05, 0.1) is 0 Å². The molecule has 0 amide bonds. The number of aryl methyl sites for hydroxylation is 1. The minimum Gasteiger partial charge on any atom is -0.370 e. The largest absolute Gasteiger partial charge is 0.370 e. The summed E-state index contributed by atoms with van der Waals surface area (Å²) in [5.74, 6) is 8.73. The highest BCUT2D eigenvalue weighted by atomic mass is 15.3. The summed E-state index contributed by atoms with van der Waals surface area (Å²) >= 11 is 0. The molecule has 0 saturated heterocycles. The third-order valence-corrected chi connectivity index (χ3v) is 2.95. The fraction of sp³-hybridized carbons (Fsp3) is 0.667. The van der Waals surface area contributed by atoms with Crippen LogP contribution in [-0.4, -0.2) is 16.5 Å². The number of hydrogen-bond acceptors (Lipinski definition) is 5. The Morgan fingerprint density at radius 2 is 2.12 bits per heavy atom. The number of hydrogen-bond donors (Lipinski definition) is 3. The van der Waals surface area contributed by atoms with Gasteiger partial charge in [-0.3, -0.25) is 0 Å². The number of nitrogens with one attached hydrogen (secondary N) is 2. The quantitative estimate of drug-likeness (QED) is 0.497. The van der Waals surface area contributed by atoms with E-state index in [1.165, 1.54) is 19.3 Å². The predicted octanol–water partition coefficient (Wildman–Crippen LogP) is 1.93. The molecule has 5 heteroatoms. The predicted molar refractivity (Wildman–Crippen MR) is 69.7 cm³/mol. The Labute approximate surface area is 102 Å². The van der Waals surface area contributed by atoms with Gasteiger partial charge in [-0.2, -0.15) is 0 Å². The number of nitrogens with zero attached hydrogens (tertiary/aromatic N) is 2. The molecule has 0 radical (unpaired) electrons. The lowest BCUT2D eigenvalue weighted by molar-refractivity contribution is 0.755. The summed E-state index contributed by atoms with van der Waals surface area (Å²) in [6.07, 6.45) is 5.94. The van der Waals surface area contributed by atoms with Gasteiger partial charge < -0.3 is 10.7 Å². The SMILES string of the molecule is CCCc1nc(NN)cc(NCCC2CC2)n1. The number of hydrazine groups is 1. The van der Waals surface area contributed by atoms with Crippen LogP contribution in [0.4, 0.5) is 11.6 Å². The van der Waals surface area contributed by atoms with E-state index < -0.39 is 0 Å². The first-order chi connectivity index (χ1) is 8.31. The fourth-order valence-corrected chi connectivity index (χ4v) is 1.81. The molecule has 0 unspecified atom stereocenters. The summed E-state index contributed by atoms with van der Waals surface area (Å²) in [6, 6.07) is 1.85. The zero-order valence-electron chi connectivity index (χ0n) is 10.4. The molecule has 2 rings (SSSR count). The highest BCUT2D eigenvalue weighted by Gasteiger charge is 2.20. The normalized spacial score (nSPS) is 14.7. The molecular weight excluding hydrogens is 214 g/mol. The second-order valence-corrected chi connectivity index (χ2v) is 4.61. The van der Waals surface area contributed by atoms with Crippen LogP contribution in [0.15, 0.2) is 6.07 Å².